The molecule has 1 saturated heterocycles. The summed E-state index contributed by atoms with van der Waals surface area (Å²) in [6.45, 7) is 3.49. The Morgan fingerprint density at radius 3 is 1.98 bits per heavy atom. The number of nitrogens with zero attached hydrogens (tertiary/aromatic N) is 3. The molecule has 1 aliphatic heterocycles. The number of carbonyl (C=O) groups is 5. The Morgan fingerprint density at radius 2 is 1.38 bits per heavy atom. The third kappa shape index (κ3) is 13.1. The fourth-order valence-electron chi connectivity index (χ4n) is 5.53. The molecule has 56 heavy (non-hydrogen) atoms. The third-order valence-corrected chi connectivity index (χ3v) is 8.17. The predicted molar refractivity (Wildman–Crippen MR) is 202 cm³/mol. The minimum Gasteiger partial charge on any atom is -0.478 e. The molecule has 0 saturated carbocycles. The summed E-state index contributed by atoms with van der Waals surface area (Å²) in [4.78, 5) is 70.3. The number of hydrogen-bond acceptors (Lipinski definition) is 10. The van der Waals surface area contributed by atoms with Crippen LogP contribution in [0.5, 0.6) is 0 Å². The molecule has 292 valence electrons. The van der Waals surface area contributed by atoms with Crippen molar-refractivity contribution in [2.24, 2.45) is 0 Å². The van der Waals surface area contributed by atoms with E-state index in [4.69, 9.17) is 29.8 Å². The maximum atomic E-state index is 13.4. The number of likely N-dealkylation sites (tertiary alicyclic amines) is 1. The highest BCUT2D eigenvalue weighted by molar-refractivity contribution is 5.96. The molecular weight excluding hydrogens is 733 g/mol. The molecule has 1 aliphatic rings. The quantitative estimate of drug-likeness (QED) is 0.0775. The average Bonchev–Trinajstić information content (AvgIpc) is 3.51. The Hall–Kier alpha value is -7.14. The predicted octanol–water partition coefficient (Wildman–Crippen LogP) is 4.06. The van der Waals surface area contributed by atoms with Gasteiger partial charge in [-0.05, 0) is 54.8 Å². The van der Waals surface area contributed by atoms with Crippen molar-refractivity contribution < 1.29 is 53.2 Å². The summed E-state index contributed by atoms with van der Waals surface area (Å²) in [5, 5.41) is 38.5. The van der Waals surface area contributed by atoms with Crippen LogP contribution in [0.1, 0.15) is 28.8 Å². The van der Waals surface area contributed by atoms with Crippen LogP contribution < -0.4 is 16.3 Å². The number of fused-ring (bicyclic) bond motifs is 2. The molecule has 5 aromatic rings. The summed E-state index contributed by atoms with van der Waals surface area (Å²) >= 11 is 0. The number of carbonyl (C=O) groups excluding carboxylic acids is 1. The van der Waals surface area contributed by atoms with Crippen molar-refractivity contribution in [3.05, 3.63) is 131 Å². The standard InChI is InChI=1S/C31H30FN5O3.2C4H4O4/c32-23-11-9-21(10-12-23)20-37-27-7-3-2-6-26(27)35-31(37)34-24-13-16-36(17-14-24)18-15-33-29(38)25-19-22-5-1-4-8-28(22)40-30(25)39;2*5-3(6)1-2-4(7)8/h1-12,19,24H,13-18,20H2,(H,33,38)(H,34,35);2*1-2H,(H,5,6)(H,7,8)/b;2-1+;. The molecule has 2 aromatic heterocycles. The maximum absolute atomic E-state index is 13.4. The Labute approximate surface area is 317 Å². The molecule has 1 amide bonds. The van der Waals surface area contributed by atoms with Gasteiger partial charge in [0.15, 0.2) is 0 Å². The number of para-hydroxylation sites is 3. The molecule has 16 nitrogen and oxygen atoms in total. The molecule has 6 N–H and O–H groups in total. The Morgan fingerprint density at radius 1 is 0.804 bits per heavy atom. The van der Waals surface area contributed by atoms with E-state index in [2.05, 4.69) is 26.2 Å². The van der Waals surface area contributed by atoms with Crippen LogP contribution in [0.4, 0.5) is 10.3 Å². The number of benzene rings is 3. The van der Waals surface area contributed by atoms with Gasteiger partial charge in [0, 0.05) is 61.9 Å². The lowest BCUT2D eigenvalue weighted by molar-refractivity contribution is -0.134. The number of aliphatic carboxylic acids is 4. The van der Waals surface area contributed by atoms with E-state index in [0.717, 1.165) is 48.5 Å². The van der Waals surface area contributed by atoms with Crippen LogP contribution in [-0.4, -0.2) is 96.9 Å². The fourth-order valence-corrected chi connectivity index (χ4v) is 5.53. The summed E-state index contributed by atoms with van der Waals surface area (Å²) in [6.07, 6.45) is 4.10. The van der Waals surface area contributed by atoms with Gasteiger partial charge in [0.1, 0.15) is 17.0 Å². The topological polar surface area (TPSA) is 242 Å². The number of rotatable bonds is 12. The van der Waals surface area contributed by atoms with Gasteiger partial charge in [-0.15, -0.1) is 0 Å². The van der Waals surface area contributed by atoms with E-state index in [1.807, 2.05) is 30.3 Å². The number of anilines is 1. The first-order valence-electron chi connectivity index (χ1n) is 17.1. The number of hydrogen-bond donors (Lipinski definition) is 6. The number of halogens is 1. The largest absolute Gasteiger partial charge is 0.478 e. The SMILES string of the molecule is O=C(NCCN1CCC(Nc2nc3ccccc3n2Cc2ccc(F)cc2)CC1)c1cc2ccccc2oc1=O.O=C(O)/C=C/C(=O)O.O=C(O)C=CC(=O)O. The average molecular weight is 772 g/mol. The van der Waals surface area contributed by atoms with Crippen molar-refractivity contribution in [1.29, 1.82) is 0 Å². The second-order valence-corrected chi connectivity index (χ2v) is 12.2. The summed E-state index contributed by atoms with van der Waals surface area (Å²) in [5.41, 5.74) is 2.81. The molecule has 0 aliphatic carbocycles. The monoisotopic (exact) mass is 771 g/mol. The second kappa shape index (κ2) is 20.4. The summed E-state index contributed by atoms with van der Waals surface area (Å²) < 4.78 is 20.9. The number of aromatic nitrogens is 2. The lowest BCUT2D eigenvalue weighted by Crippen LogP contribution is -2.43. The molecule has 6 rings (SSSR count). The van der Waals surface area contributed by atoms with Gasteiger partial charge in [-0.1, -0.05) is 42.5 Å². The van der Waals surface area contributed by atoms with Crippen molar-refractivity contribution in [3.63, 3.8) is 0 Å². The molecule has 1 fully saturated rings. The number of carboxylic acid groups (broad SMARTS) is 4. The summed E-state index contributed by atoms with van der Waals surface area (Å²) in [5.74, 6) is -4.88. The first kappa shape index (κ1) is 41.6. The number of piperidine rings is 1. The highest BCUT2D eigenvalue weighted by atomic mass is 19.1. The van der Waals surface area contributed by atoms with Crippen LogP contribution in [-0.2, 0) is 25.7 Å². The van der Waals surface area contributed by atoms with E-state index < -0.39 is 35.4 Å². The Kier molecular flexibility index (Phi) is 15.1. The zero-order valence-corrected chi connectivity index (χ0v) is 29.7. The van der Waals surface area contributed by atoms with Crippen LogP contribution in [0.3, 0.4) is 0 Å². The van der Waals surface area contributed by atoms with Crippen LogP contribution in [0.15, 0.2) is 112 Å². The first-order chi connectivity index (χ1) is 26.8. The van der Waals surface area contributed by atoms with Gasteiger partial charge in [0.05, 0.1) is 17.6 Å². The summed E-state index contributed by atoms with van der Waals surface area (Å²) in [6, 6.07) is 23.6. The van der Waals surface area contributed by atoms with E-state index in [0.29, 0.717) is 54.9 Å². The number of carboxylic acids is 4. The number of amides is 1. The zero-order valence-electron chi connectivity index (χ0n) is 29.7. The van der Waals surface area contributed by atoms with Gasteiger partial charge in [-0.3, -0.25) is 4.79 Å². The highest BCUT2D eigenvalue weighted by Crippen LogP contribution is 2.24. The molecule has 0 radical (unpaired) electrons. The van der Waals surface area contributed by atoms with Crippen molar-refractivity contribution >= 4 is 57.7 Å². The maximum Gasteiger partial charge on any atom is 0.349 e. The van der Waals surface area contributed by atoms with Gasteiger partial charge < -0.3 is 44.9 Å². The Balaban J connectivity index is 0.000000366. The molecule has 0 spiro atoms. The van der Waals surface area contributed by atoms with E-state index in [-0.39, 0.29) is 17.4 Å². The van der Waals surface area contributed by atoms with Gasteiger partial charge in [0.2, 0.25) is 5.95 Å². The third-order valence-electron chi connectivity index (χ3n) is 8.17. The first-order valence-corrected chi connectivity index (χ1v) is 17.1. The smallest absolute Gasteiger partial charge is 0.349 e. The van der Waals surface area contributed by atoms with Gasteiger partial charge in [-0.25, -0.2) is 33.3 Å². The van der Waals surface area contributed by atoms with Crippen LogP contribution in [0, 0.1) is 5.82 Å². The number of nitrogens with one attached hydrogen (secondary N) is 2. The molecular formula is C39H38FN5O11. The van der Waals surface area contributed by atoms with Crippen molar-refractivity contribution in [2.45, 2.75) is 25.4 Å². The van der Waals surface area contributed by atoms with Crippen molar-refractivity contribution in [2.75, 3.05) is 31.5 Å². The minimum absolute atomic E-state index is 0.0186. The van der Waals surface area contributed by atoms with Crippen LogP contribution in [0.2, 0.25) is 0 Å². The van der Waals surface area contributed by atoms with Crippen molar-refractivity contribution in [1.82, 2.24) is 19.8 Å². The van der Waals surface area contributed by atoms with Crippen LogP contribution in [0.25, 0.3) is 22.0 Å². The molecule has 3 aromatic carbocycles. The number of imidazole rings is 1. The zero-order chi connectivity index (χ0) is 40.6. The lowest BCUT2D eigenvalue weighted by atomic mass is 10.1. The normalized spacial score (nSPS) is 13.1. The van der Waals surface area contributed by atoms with Gasteiger partial charge in [0.25, 0.3) is 5.91 Å². The van der Waals surface area contributed by atoms with Crippen LogP contribution >= 0.6 is 0 Å². The minimum atomic E-state index is -1.26. The van der Waals surface area contributed by atoms with Crippen molar-refractivity contribution in [3.8, 4) is 0 Å². The molecule has 3 heterocycles. The summed E-state index contributed by atoms with van der Waals surface area (Å²) in [7, 11) is 0. The van der Waals surface area contributed by atoms with E-state index in [1.54, 1.807) is 30.3 Å². The van der Waals surface area contributed by atoms with E-state index >= 15 is 0 Å². The fraction of sp³-hybridized carbons (Fsp3) is 0.205. The van der Waals surface area contributed by atoms with Gasteiger partial charge in [-0.2, -0.15) is 0 Å². The molecule has 17 heteroatoms. The second-order valence-electron chi connectivity index (χ2n) is 12.2. The Bertz CT molecular complexity index is 2230. The molecule has 0 unspecified atom stereocenters. The lowest BCUT2D eigenvalue weighted by Gasteiger charge is -2.32. The van der Waals surface area contributed by atoms with E-state index in [1.165, 1.54) is 12.1 Å². The molecule has 0 atom stereocenters. The van der Waals surface area contributed by atoms with Gasteiger partial charge >= 0.3 is 29.5 Å². The van der Waals surface area contributed by atoms with E-state index in [9.17, 15) is 33.2 Å². The highest BCUT2D eigenvalue weighted by Gasteiger charge is 2.22. The molecule has 0 bridgehead atoms.